The van der Waals surface area contributed by atoms with Crippen molar-refractivity contribution in [1.82, 2.24) is 4.98 Å². The lowest BCUT2D eigenvalue weighted by Gasteiger charge is -2.07. The number of hydrogen-bond acceptors (Lipinski definition) is 4. The standard InChI is InChI=1S/C17H14N2S2/c18-17-16(21-14-9-5-2-6-10-14)11-15(12-19-17)20-13-7-3-1-4-8-13/h1-12H,(H2,18,19). The number of aromatic nitrogens is 1. The molecular weight excluding hydrogens is 296 g/mol. The zero-order valence-corrected chi connectivity index (χ0v) is 12.9. The molecule has 3 rings (SSSR count). The molecular formula is C17H14N2S2. The van der Waals surface area contributed by atoms with Crippen molar-refractivity contribution >= 4 is 29.3 Å². The lowest BCUT2D eigenvalue weighted by Crippen LogP contribution is -1.93. The third kappa shape index (κ3) is 3.80. The Labute approximate surface area is 132 Å². The van der Waals surface area contributed by atoms with Crippen LogP contribution < -0.4 is 5.73 Å². The van der Waals surface area contributed by atoms with Gasteiger partial charge in [-0.05, 0) is 30.3 Å². The quantitative estimate of drug-likeness (QED) is 0.738. The molecule has 2 N–H and O–H groups in total. The van der Waals surface area contributed by atoms with Crippen LogP contribution in [0.2, 0.25) is 0 Å². The van der Waals surface area contributed by atoms with E-state index in [1.807, 2.05) is 42.6 Å². The van der Waals surface area contributed by atoms with Gasteiger partial charge in [-0.1, -0.05) is 59.9 Å². The molecule has 1 heterocycles. The van der Waals surface area contributed by atoms with Crippen LogP contribution >= 0.6 is 23.5 Å². The molecule has 104 valence electrons. The predicted molar refractivity (Wildman–Crippen MR) is 89.8 cm³/mol. The maximum Gasteiger partial charge on any atom is 0.137 e. The molecule has 2 nitrogen and oxygen atoms in total. The summed E-state index contributed by atoms with van der Waals surface area (Å²) in [5.74, 6) is 0.571. The molecule has 0 fully saturated rings. The number of rotatable bonds is 4. The van der Waals surface area contributed by atoms with Crippen molar-refractivity contribution in [3.05, 3.63) is 72.9 Å². The van der Waals surface area contributed by atoms with Crippen molar-refractivity contribution in [2.75, 3.05) is 5.73 Å². The van der Waals surface area contributed by atoms with Crippen LogP contribution in [0.3, 0.4) is 0 Å². The molecule has 0 atom stereocenters. The van der Waals surface area contributed by atoms with E-state index in [2.05, 4.69) is 35.3 Å². The Hall–Kier alpha value is -1.91. The highest BCUT2D eigenvalue weighted by atomic mass is 32.2. The number of nitrogen functional groups attached to an aromatic ring is 1. The van der Waals surface area contributed by atoms with Gasteiger partial charge in [-0.2, -0.15) is 0 Å². The normalized spacial score (nSPS) is 10.5. The Balaban J connectivity index is 1.83. The van der Waals surface area contributed by atoms with Crippen LogP contribution in [0.5, 0.6) is 0 Å². The van der Waals surface area contributed by atoms with E-state index < -0.39 is 0 Å². The molecule has 0 unspecified atom stereocenters. The summed E-state index contributed by atoms with van der Waals surface area (Å²) >= 11 is 3.33. The van der Waals surface area contributed by atoms with Gasteiger partial charge >= 0.3 is 0 Å². The number of anilines is 1. The van der Waals surface area contributed by atoms with Crippen molar-refractivity contribution in [3.8, 4) is 0 Å². The molecule has 4 heteroatoms. The topological polar surface area (TPSA) is 38.9 Å². The first-order valence-corrected chi connectivity index (χ1v) is 8.16. The summed E-state index contributed by atoms with van der Waals surface area (Å²) in [4.78, 5) is 8.74. The second-order valence-electron chi connectivity index (χ2n) is 4.38. The molecule has 21 heavy (non-hydrogen) atoms. The van der Waals surface area contributed by atoms with E-state index in [1.165, 1.54) is 4.90 Å². The van der Waals surface area contributed by atoms with E-state index in [4.69, 9.17) is 5.73 Å². The molecule has 0 bridgehead atoms. The van der Waals surface area contributed by atoms with Gasteiger partial charge in [0.15, 0.2) is 0 Å². The van der Waals surface area contributed by atoms with Gasteiger partial charge in [0.05, 0.1) is 4.90 Å². The Morgan fingerprint density at radius 1 is 0.714 bits per heavy atom. The lowest BCUT2D eigenvalue weighted by atomic mass is 10.4. The van der Waals surface area contributed by atoms with Gasteiger partial charge in [0.2, 0.25) is 0 Å². The van der Waals surface area contributed by atoms with Crippen LogP contribution in [0.4, 0.5) is 5.82 Å². The molecule has 1 aromatic heterocycles. The first-order valence-electron chi connectivity index (χ1n) is 6.52. The fourth-order valence-corrected chi connectivity index (χ4v) is 3.63. The highest BCUT2D eigenvalue weighted by molar-refractivity contribution is 8.00. The maximum absolute atomic E-state index is 5.99. The first-order chi connectivity index (χ1) is 10.3. The largest absolute Gasteiger partial charge is 0.383 e. The Kier molecular flexibility index (Phi) is 4.48. The van der Waals surface area contributed by atoms with Crippen molar-refractivity contribution in [2.24, 2.45) is 0 Å². The van der Waals surface area contributed by atoms with Gasteiger partial charge in [0.1, 0.15) is 5.82 Å². The summed E-state index contributed by atoms with van der Waals surface area (Å²) in [7, 11) is 0. The zero-order chi connectivity index (χ0) is 14.5. The minimum Gasteiger partial charge on any atom is -0.383 e. The molecule has 0 aliphatic heterocycles. The van der Waals surface area contributed by atoms with Crippen LogP contribution in [0.15, 0.2) is 92.5 Å². The SMILES string of the molecule is Nc1ncc(Sc2ccccc2)cc1Sc1ccccc1. The van der Waals surface area contributed by atoms with Gasteiger partial charge in [-0.25, -0.2) is 4.98 Å². The highest BCUT2D eigenvalue weighted by Gasteiger charge is 2.06. The summed E-state index contributed by atoms with van der Waals surface area (Å²) < 4.78 is 0. The fraction of sp³-hybridized carbons (Fsp3) is 0. The highest BCUT2D eigenvalue weighted by Crippen LogP contribution is 2.35. The second kappa shape index (κ2) is 6.70. The van der Waals surface area contributed by atoms with E-state index in [9.17, 15) is 0 Å². The summed E-state index contributed by atoms with van der Waals surface area (Å²) in [6, 6.07) is 22.5. The molecule has 0 saturated carbocycles. The zero-order valence-electron chi connectivity index (χ0n) is 11.3. The lowest BCUT2D eigenvalue weighted by molar-refractivity contribution is 1.17. The van der Waals surface area contributed by atoms with Gasteiger partial charge in [0.25, 0.3) is 0 Å². The summed E-state index contributed by atoms with van der Waals surface area (Å²) in [5.41, 5.74) is 5.99. The van der Waals surface area contributed by atoms with E-state index in [1.54, 1.807) is 23.5 Å². The summed E-state index contributed by atoms with van der Waals surface area (Å²) in [6.45, 7) is 0. The van der Waals surface area contributed by atoms with Crippen molar-refractivity contribution in [1.29, 1.82) is 0 Å². The average molecular weight is 310 g/mol. The smallest absolute Gasteiger partial charge is 0.137 e. The Morgan fingerprint density at radius 2 is 1.29 bits per heavy atom. The fourth-order valence-electron chi connectivity index (χ4n) is 1.81. The molecule has 0 saturated heterocycles. The van der Waals surface area contributed by atoms with Gasteiger partial charge in [0, 0.05) is 20.9 Å². The molecule has 0 spiro atoms. The molecule has 0 amide bonds. The van der Waals surface area contributed by atoms with Crippen LogP contribution in [0.25, 0.3) is 0 Å². The minimum absolute atomic E-state index is 0.571. The molecule has 0 radical (unpaired) electrons. The second-order valence-corrected chi connectivity index (χ2v) is 6.65. The molecule has 0 aliphatic carbocycles. The van der Waals surface area contributed by atoms with Gasteiger partial charge < -0.3 is 5.73 Å². The van der Waals surface area contributed by atoms with Crippen LogP contribution in [0.1, 0.15) is 0 Å². The minimum atomic E-state index is 0.571. The number of nitrogens with zero attached hydrogens (tertiary/aromatic N) is 1. The van der Waals surface area contributed by atoms with Crippen LogP contribution in [-0.4, -0.2) is 4.98 Å². The van der Waals surface area contributed by atoms with E-state index in [0.29, 0.717) is 5.82 Å². The van der Waals surface area contributed by atoms with E-state index in [0.717, 1.165) is 14.7 Å². The predicted octanol–water partition coefficient (Wildman–Crippen LogP) is 4.97. The Bertz CT molecular complexity index is 715. The van der Waals surface area contributed by atoms with Crippen LogP contribution in [0, 0.1) is 0 Å². The number of hydrogen-bond donors (Lipinski definition) is 1. The van der Waals surface area contributed by atoms with Crippen LogP contribution in [-0.2, 0) is 0 Å². The van der Waals surface area contributed by atoms with Crippen molar-refractivity contribution in [2.45, 2.75) is 19.6 Å². The maximum atomic E-state index is 5.99. The molecule has 2 aromatic carbocycles. The first kappa shape index (κ1) is 14.0. The third-order valence-corrected chi connectivity index (χ3v) is 4.83. The number of benzene rings is 2. The summed E-state index contributed by atoms with van der Waals surface area (Å²) in [5, 5.41) is 0. The van der Waals surface area contributed by atoms with Crippen molar-refractivity contribution < 1.29 is 0 Å². The molecule has 3 aromatic rings. The molecule has 0 aliphatic rings. The van der Waals surface area contributed by atoms with E-state index >= 15 is 0 Å². The Morgan fingerprint density at radius 3 is 1.90 bits per heavy atom. The monoisotopic (exact) mass is 310 g/mol. The van der Waals surface area contributed by atoms with E-state index in [-0.39, 0.29) is 0 Å². The van der Waals surface area contributed by atoms with Gasteiger partial charge in [-0.3, -0.25) is 0 Å². The van der Waals surface area contributed by atoms with Crippen molar-refractivity contribution in [3.63, 3.8) is 0 Å². The third-order valence-electron chi connectivity index (χ3n) is 2.81. The van der Waals surface area contributed by atoms with Gasteiger partial charge in [-0.15, -0.1) is 0 Å². The number of pyridine rings is 1. The average Bonchev–Trinajstić information content (AvgIpc) is 2.53. The summed E-state index contributed by atoms with van der Waals surface area (Å²) in [6.07, 6.45) is 1.82. The number of nitrogens with two attached hydrogens (primary N) is 1.